The molecule has 1 heterocycles. The number of halogens is 1. The van der Waals surface area contributed by atoms with E-state index < -0.39 is 0 Å². The Hall–Kier alpha value is -0.700. The number of ether oxygens (including phenoxy) is 1. The Morgan fingerprint density at radius 3 is 2.94 bits per heavy atom. The van der Waals surface area contributed by atoms with Crippen molar-refractivity contribution in [2.45, 2.75) is 51.6 Å². The van der Waals surface area contributed by atoms with Crippen LogP contribution in [0.25, 0.3) is 0 Å². The molecule has 2 atom stereocenters. The molecular formula is C12H19ClN2O. The summed E-state index contributed by atoms with van der Waals surface area (Å²) in [4.78, 5) is 0. The Labute approximate surface area is 102 Å². The largest absolute Gasteiger partial charge is 0.486 e. The van der Waals surface area contributed by atoms with Gasteiger partial charge in [-0.15, -0.1) is 11.6 Å². The third kappa shape index (κ3) is 2.05. The van der Waals surface area contributed by atoms with E-state index in [1.807, 2.05) is 10.9 Å². The van der Waals surface area contributed by atoms with Gasteiger partial charge in [0.2, 0.25) is 0 Å². The molecule has 0 bridgehead atoms. The zero-order chi connectivity index (χ0) is 11.8. The highest BCUT2D eigenvalue weighted by Crippen LogP contribution is 2.46. The summed E-state index contributed by atoms with van der Waals surface area (Å²) in [6, 6.07) is 0. The normalized spacial score (nSPS) is 27.5. The van der Waals surface area contributed by atoms with Crippen molar-refractivity contribution in [2.75, 3.05) is 0 Å². The Morgan fingerprint density at radius 2 is 2.38 bits per heavy atom. The van der Waals surface area contributed by atoms with Crippen LogP contribution in [-0.4, -0.2) is 21.3 Å². The molecule has 3 nitrogen and oxygen atoms in total. The van der Waals surface area contributed by atoms with Crippen LogP contribution in [-0.2, 0) is 6.54 Å². The first-order valence-corrected chi connectivity index (χ1v) is 6.31. The Balaban J connectivity index is 1.94. The molecule has 1 aliphatic rings. The molecule has 0 aromatic carbocycles. The maximum absolute atomic E-state index is 6.16. The van der Waals surface area contributed by atoms with Crippen LogP contribution in [0.15, 0.2) is 12.4 Å². The second-order valence-corrected chi connectivity index (χ2v) is 5.60. The van der Waals surface area contributed by atoms with Crippen molar-refractivity contribution < 1.29 is 4.74 Å². The van der Waals surface area contributed by atoms with E-state index in [9.17, 15) is 0 Å². The average Bonchev–Trinajstić information content (AvgIpc) is 2.66. The molecule has 0 aliphatic heterocycles. The monoisotopic (exact) mass is 242 g/mol. The zero-order valence-electron chi connectivity index (χ0n) is 10.1. The molecule has 0 radical (unpaired) electrons. The van der Waals surface area contributed by atoms with Gasteiger partial charge in [-0.3, -0.25) is 4.68 Å². The van der Waals surface area contributed by atoms with Gasteiger partial charge in [0.05, 0.1) is 12.4 Å². The predicted octanol–water partition coefficient (Wildman–Crippen LogP) is 3.08. The lowest BCUT2D eigenvalue weighted by Gasteiger charge is -2.48. The van der Waals surface area contributed by atoms with E-state index in [2.05, 4.69) is 25.9 Å². The van der Waals surface area contributed by atoms with E-state index >= 15 is 0 Å². The molecule has 0 N–H and O–H groups in total. The van der Waals surface area contributed by atoms with Gasteiger partial charge in [0.25, 0.3) is 0 Å². The molecule has 1 aliphatic carbocycles. The topological polar surface area (TPSA) is 27.1 Å². The van der Waals surface area contributed by atoms with Gasteiger partial charge in [0.1, 0.15) is 6.10 Å². The Kier molecular flexibility index (Phi) is 3.15. The summed E-state index contributed by atoms with van der Waals surface area (Å²) in [7, 11) is 0. The lowest BCUT2D eigenvalue weighted by atomic mass is 9.68. The van der Waals surface area contributed by atoms with Gasteiger partial charge >= 0.3 is 0 Å². The maximum Gasteiger partial charge on any atom is 0.157 e. The van der Waals surface area contributed by atoms with Gasteiger partial charge in [-0.1, -0.05) is 20.8 Å². The van der Waals surface area contributed by atoms with Crippen LogP contribution in [0.4, 0.5) is 0 Å². The highest BCUT2D eigenvalue weighted by molar-refractivity contribution is 6.21. The first-order chi connectivity index (χ1) is 7.54. The molecule has 4 heteroatoms. The van der Waals surface area contributed by atoms with Crippen molar-refractivity contribution in [2.24, 2.45) is 5.41 Å². The Bertz CT molecular complexity index is 362. The second kappa shape index (κ2) is 4.28. The van der Waals surface area contributed by atoms with E-state index in [0.29, 0.717) is 0 Å². The molecular weight excluding hydrogens is 224 g/mol. The molecule has 1 aromatic rings. The lowest BCUT2D eigenvalue weighted by Crippen LogP contribution is -2.53. The summed E-state index contributed by atoms with van der Waals surface area (Å²) in [5, 5.41) is 4.47. The predicted molar refractivity (Wildman–Crippen MR) is 65.0 cm³/mol. The highest BCUT2D eigenvalue weighted by atomic mass is 35.5. The van der Waals surface area contributed by atoms with E-state index in [1.165, 1.54) is 0 Å². The fourth-order valence-corrected chi connectivity index (χ4v) is 2.26. The van der Waals surface area contributed by atoms with Crippen molar-refractivity contribution in [1.29, 1.82) is 0 Å². The third-order valence-electron chi connectivity index (χ3n) is 3.40. The van der Waals surface area contributed by atoms with Crippen LogP contribution in [0.3, 0.4) is 0 Å². The minimum atomic E-state index is 0.0639. The number of hydrogen-bond acceptors (Lipinski definition) is 2. The molecule has 2 rings (SSSR count). The number of alkyl halides is 1. The standard InChI is InChI=1S/C12H19ClN2O/c1-4-5-15-8-9(7-14-15)16-11-6-10(13)12(11,2)3/h7-8,10-11H,4-6H2,1-3H3. The molecule has 90 valence electrons. The van der Waals surface area contributed by atoms with Gasteiger partial charge in [0, 0.05) is 23.8 Å². The van der Waals surface area contributed by atoms with E-state index in [1.54, 1.807) is 6.20 Å². The van der Waals surface area contributed by atoms with E-state index in [4.69, 9.17) is 16.3 Å². The summed E-state index contributed by atoms with van der Waals surface area (Å²) in [6.45, 7) is 7.37. The van der Waals surface area contributed by atoms with Gasteiger partial charge in [-0.2, -0.15) is 5.10 Å². The van der Waals surface area contributed by atoms with Crippen molar-refractivity contribution in [3.8, 4) is 5.75 Å². The van der Waals surface area contributed by atoms with E-state index in [0.717, 1.165) is 25.1 Å². The molecule has 1 aromatic heterocycles. The minimum absolute atomic E-state index is 0.0639. The Morgan fingerprint density at radius 1 is 1.62 bits per heavy atom. The molecule has 1 saturated carbocycles. The fourth-order valence-electron chi connectivity index (χ4n) is 1.96. The number of rotatable bonds is 4. The van der Waals surface area contributed by atoms with Crippen LogP contribution in [0, 0.1) is 5.41 Å². The van der Waals surface area contributed by atoms with Crippen LogP contribution in [0.2, 0.25) is 0 Å². The lowest BCUT2D eigenvalue weighted by molar-refractivity contribution is -0.0130. The van der Waals surface area contributed by atoms with Crippen molar-refractivity contribution in [1.82, 2.24) is 9.78 Å². The summed E-state index contributed by atoms with van der Waals surface area (Å²) >= 11 is 6.16. The number of aromatic nitrogens is 2. The highest BCUT2D eigenvalue weighted by Gasteiger charge is 2.49. The average molecular weight is 243 g/mol. The minimum Gasteiger partial charge on any atom is -0.486 e. The number of nitrogens with zero attached hydrogens (tertiary/aromatic N) is 2. The molecule has 1 fully saturated rings. The second-order valence-electron chi connectivity index (χ2n) is 5.07. The summed E-state index contributed by atoms with van der Waals surface area (Å²) in [5.74, 6) is 0.857. The van der Waals surface area contributed by atoms with Gasteiger partial charge in [-0.05, 0) is 6.42 Å². The smallest absolute Gasteiger partial charge is 0.157 e. The molecule has 2 unspecified atom stereocenters. The molecule has 0 spiro atoms. The summed E-state index contributed by atoms with van der Waals surface area (Å²) in [5.41, 5.74) is 0.0639. The number of hydrogen-bond donors (Lipinski definition) is 0. The first kappa shape index (κ1) is 11.8. The quantitative estimate of drug-likeness (QED) is 0.759. The van der Waals surface area contributed by atoms with Crippen LogP contribution < -0.4 is 4.74 Å². The van der Waals surface area contributed by atoms with Crippen molar-refractivity contribution in [3.05, 3.63) is 12.4 Å². The van der Waals surface area contributed by atoms with Gasteiger partial charge < -0.3 is 4.74 Å². The van der Waals surface area contributed by atoms with Crippen LogP contribution in [0.5, 0.6) is 5.75 Å². The summed E-state index contributed by atoms with van der Waals surface area (Å²) < 4.78 is 7.81. The van der Waals surface area contributed by atoms with Crippen LogP contribution >= 0.6 is 11.6 Å². The first-order valence-electron chi connectivity index (χ1n) is 5.87. The number of aryl methyl sites for hydroxylation is 1. The SMILES string of the molecule is CCCn1cc(OC2CC(Cl)C2(C)C)cn1. The van der Waals surface area contributed by atoms with E-state index in [-0.39, 0.29) is 16.9 Å². The van der Waals surface area contributed by atoms with Crippen LogP contribution in [0.1, 0.15) is 33.6 Å². The third-order valence-corrected chi connectivity index (χ3v) is 4.14. The van der Waals surface area contributed by atoms with Crippen molar-refractivity contribution >= 4 is 11.6 Å². The molecule has 16 heavy (non-hydrogen) atoms. The van der Waals surface area contributed by atoms with Gasteiger partial charge in [-0.25, -0.2) is 0 Å². The maximum atomic E-state index is 6.16. The van der Waals surface area contributed by atoms with Crippen molar-refractivity contribution in [3.63, 3.8) is 0 Å². The van der Waals surface area contributed by atoms with Gasteiger partial charge in [0.15, 0.2) is 5.75 Å². The summed E-state index contributed by atoms with van der Waals surface area (Å²) in [6.07, 6.45) is 5.97. The zero-order valence-corrected chi connectivity index (χ0v) is 10.9. The molecule has 0 amide bonds. The molecule has 0 saturated heterocycles. The fraction of sp³-hybridized carbons (Fsp3) is 0.750.